The third kappa shape index (κ3) is 0.921. The fourth-order valence-electron chi connectivity index (χ4n) is 3.19. The topological polar surface area (TPSA) is 45.8 Å². The van der Waals surface area contributed by atoms with Crippen LogP contribution in [0.1, 0.15) is 0 Å². The molecular formula is C16H8N2O. The maximum absolute atomic E-state index is 12.4. The first-order chi connectivity index (χ1) is 9.34. The number of rotatable bonds is 0. The molecule has 0 fully saturated rings. The highest BCUT2D eigenvalue weighted by molar-refractivity contribution is 6.31. The van der Waals surface area contributed by atoms with Gasteiger partial charge >= 0.3 is 0 Å². The first-order valence-corrected chi connectivity index (χ1v) is 6.22. The molecular weight excluding hydrogens is 236 g/mol. The summed E-state index contributed by atoms with van der Waals surface area (Å²) in [6.07, 6.45) is 0. The van der Waals surface area contributed by atoms with Crippen LogP contribution in [0.4, 0.5) is 0 Å². The van der Waals surface area contributed by atoms with Crippen LogP contribution in [-0.4, -0.2) is 10.2 Å². The van der Waals surface area contributed by atoms with Crippen molar-refractivity contribution < 1.29 is 0 Å². The van der Waals surface area contributed by atoms with Crippen molar-refractivity contribution in [1.29, 1.82) is 0 Å². The molecule has 5 aromatic carbocycles. The highest BCUT2D eigenvalue weighted by Crippen LogP contribution is 2.38. The minimum atomic E-state index is 0.0373. The van der Waals surface area contributed by atoms with Gasteiger partial charge < -0.3 is 0 Å². The van der Waals surface area contributed by atoms with Gasteiger partial charge in [-0.1, -0.05) is 30.3 Å². The van der Waals surface area contributed by atoms with Gasteiger partial charge in [-0.2, -0.15) is 5.10 Å². The second-order valence-corrected chi connectivity index (χ2v) is 4.96. The largest absolute Gasteiger partial charge is 0.287 e. The Kier molecular flexibility index (Phi) is 1.38. The van der Waals surface area contributed by atoms with E-state index in [0.717, 1.165) is 37.8 Å². The lowest BCUT2D eigenvalue weighted by Gasteiger charge is -2.01. The Morgan fingerprint density at radius 1 is 0.895 bits per heavy atom. The highest BCUT2D eigenvalue weighted by atomic mass is 16.1. The predicted molar refractivity (Wildman–Crippen MR) is 77.3 cm³/mol. The van der Waals surface area contributed by atoms with E-state index in [0.29, 0.717) is 5.52 Å². The lowest BCUT2D eigenvalue weighted by molar-refractivity contribution is 1.15. The Labute approximate surface area is 107 Å². The number of aromatic nitrogens is 2. The van der Waals surface area contributed by atoms with Crippen LogP contribution in [0.3, 0.4) is 0 Å². The summed E-state index contributed by atoms with van der Waals surface area (Å²) < 4.78 is 0. The minimum Gasteiger partial charge on any atom is -0.287 e. The quantitative estimate of drug-likeness (QED) is 0.454. The van der Waals surface area contributed by atoms with Crippen LogP contribution >= 0.6 is 0 Å². The lowest BCUT2D eigenvalue weighted by atomic mass is 10.00. The van der Waals surface area contributed by atoms with E-state index < -0.39 is 0 Å². The van der Waals surface area contributed by atoms with E-state index in [2.05, 4.69) is 28.4 Å². The number of benzene rings is 3. The van der Waals surface area contributed by atoms with Gasteiger partial charge in [-0.25, -0.2) is 0 Å². The highest BCUT2D eigenvalue weighted by Gasteiger charge is 2.20. The van der Waals surface area contributed by atoms with Crippen LogP contribution in [-0.2, 0) is 0 Å². The SMILES string of the molecule is O=c1c2cc3[nH]nc1c3c1cc3cccccc3c21. The summed E-state index contributed by atoms with van der Waals surface area (Å²) in [5.41, 5.74) is 1.56. The number of hydrogen-bond donors (Lipinski definition) is 1. The summed E-state index contributed by atoms with van der Waals surface area (Å²) in [5, 5.41) is 13.3. The molecule has 4 bridgehead atoms. The van der Waals surface area contributed by atoms with Gasteiger partial charge in [0, 0.05) is 16.2 Å². The number of aromatic amines is 1. The molecule has 0 saturated heterocycles. The Hall–Kier alpha value is -2.68. The van der Waals surface area contributed by atoms with E-state index >= 15 is 0 Å². The van der Waals surface area contributed by atoms with Crippen LogP contribution in [0.5, 0.6) is 0 Å². The first kappa shape index (κ1) is 9.28. The Morgan fingerprint density at radius 3 is 2.74 bits per heavy atom. The molecule has 0 radical (unpaired) electrons. The van der Waals surface area contributed by atoms with Crippen molar-refractivity contribution >= 4 is 43.4 Å². The summed E-state index contributed by atoms with van der Waals surface area (Å²) in [4.78, 5) is 12.4. The Bertz CT molecular complexity index is 1120. The Balaban J connectivity index is 2.29. The van der Waals surface area contributed by atoms with E-state index in [1.807, 2.05) is 24.3 Å². The van der Waals surface area contributed by atoms with Crippen LogP contribution in [0.2, 0.25) is 0 Å². The average molecular weight is 244 g/mol. The van der Waals surface area contributed by atoms with E-state index in [9.17, 15) is 4.79 Å². The standard InChI is InChI=1S/C16H8N2O/c19-16-11-7-12-14(15(16)18-17-12)10-6-8-4-2-1-3-5-9(8)13(10)11/h1-7H,(H,17,18). The summed E-state index contributed by atoms with van der Waals surface area (Å²) in [5.74, 6) is 0. The van der Waals surface area contributed by atoms with Crippen molar-refractivity contribution in [2.75, 3.05) is 0 Å². The molecule has 3 nitrogen and oxygen atoms in total. The van der Waals surface area contributed by atoms with Crippen molar-refractivity contribution in [2.24, 2.45) is 0 Å². The molecule has 1 heterocycles. The van der Waals surface area contributed by atoms with Gasteiger partial charge in [0.25, 0.3) is 0 Å². The van der Waals surface area contributed by atoms with E-state index in [4.69, 9.17) is 0 Å². The number of H-pyrrole nitrogens is 1. The van der Waals surface area contributed by atoms with Crippen molar-refractivity contribution in [3.05, 3.63) is 52.7 Å². The van der Waals surface area contributed by atoms with E-state index in [-0.39, 0.29) is 5.43 Å². The number of fused-ring (bicyclic) bond motifs is 1. The van der Waals surface area contributed by atoms with Gasteiger partial charge in [0.2, 0.25) is 5.43 Å². The zero-order chi connectivity index (χ0) is 12.6. The third-order valence-electron chi connectivity index (χ3n) is 3.99. The van der Waals surface area contributed by atoms with E-state index in [1.54, 1.807) is 0 Å². The zero-order valence-electron chi connectivity index (χ0n) is 9.90. The monoisotopic (exact) mass is 244 g/mol. The third-order valence-corrected chi connectivity index (χ3v) is 3.99. The number of nitrogens with one attached hydrogen (secondary N) is 1. The Morgan fingerprint density at radius 2 is 1.79 bits per heavy atom. The number of hydrogen-bond acceptors (Lipinski definition) is 2. The molecule has 6 rings (SSSR count). The lowest BCUT2D eigenvalue weighted by Crippen LogP contribution is -2.02. The van der Waals surface area contributed by atoms with Crippen LogP contribution in [0, 0.1) is 0 Å². The molecule has 0 aliphatic carbocycles. The number of nitrogens with zero attached hydrogens (tertiary/aromatic N) is 1. The smallest absolute Gasteiger partial charge is 0.214 e. The van der Waals surface area contributed by atoms with Crippen molar-refractivity contribution in [3.8, 4) is 0 Å². The molecule has 19 heavy (non-hydrogen) atoms. The van der Waals surface area contributed by atoms with Gasteiger partial charge in [0.1, 0.15) is 5.52 Å². The maximum Gasteiger partial charge on any atom is 0.214 e. The molecule has 6 aromatic rings. The fourth-order valence-corrected chi connectivity index (χ4v) is 3.19. The molecule has 88 valence electrons. The van der Waals surface area contributed by atoms with Gasteiger partial charge in [0.15, 0.2) is 0 Å². The van der Waals surface area contributed by atoms with Gasteiger partial charge in [-0.15, -0.1) is 0 Å². The van der Waals surface area contributed by atoms with Gasteiger partial charge in [0.05, 0.1) is 5.52 Å². The molecule has 1 N–H and O–H groups in total. The van der Waals surface area contributed by atoms with Crippen molar-refractivity contribution in [2.45, 2.75) is 0 Å². The van der Waals surface area contributed by atoms with Crippen molar-refractivity contribution in [3.63, 3.8) is 0 Å². The summed E-state index contributed by atoms with van der Waals surface area (Å²) in [6.45, 7) is 0. The first-order valence-electron chi connectivity index (χ1n) is 6.22. The minimum absolute atomic E-state index is 0.0373. The van der Waals surface area contributed by atoms with Crippen molar-refractivity contribution in [1.82, 2.24) is 10.2 Å². The molecule has 0 aliphatic heterocycles. The normalized spacial score (nSPS) is 12.4. The second-order valence-electron chi connectivity index (χ2n) is 4.96. The predicted octanol–water partition coefficient (Wildman–Crippen LogP) is 3.26. The molecule has 3 heteroatoms. The molecule has 0 saturated carbocycles. The average Bonchev–Trinajstić information content (AvgIpc) is 2.87. The maximum atomic E-state index is 12.4. The zero-order valence-corrected chi connectivity index (χ0v) is 9.90. The summed E-state index contributed by atoms with van der Waals surface area (Å²) in [7, 11) is 0. The fraction of sp³-hybridized carbons (Fsp3) is 0. The molecule has 0 aliphatic rings. The molecule has 0 unspecified atom stereocenters. The second kappa shape index (κ2) is 2.83. The van der Waals surface area contributed by atoms with Crippen LogP contribution < -0.4 is 5.43 Å². The van der Waals surface area contributed by atoms with Gasteiger partial charge in [-0.3, -0.25) is 9.89 Å². The molecule has 0 amide bonds. The van der Waals surface area contributed by atoms with Gasteiger partial charge in [-0.05, 0) is 28.3 Å². The molecule has 1 aromatic heterocycles. The summed E-state index contributed by atoms with van der Waals surface area (Å²) in [6, 6.07) is 14.3. The molecule has 0 spiro atoms. The van der Waals surface area contributed by atoms with Crippen LogP contribution in [0.25, 0.3) is 43.4 Å². The van der Waals surface area contributed by atoms with Crippen LogP contribution in [0.15, 0.2) is 47.3 Å². The van der Waals surface area contributed by atoms with E-state index in [1.165, 1.54) is 0 Å². The summed E-state index contributed by atoms with van der Waals surface area (Å²) >= 11 is 0. The molecule has 0 atom stereocenters.